The van der Waals surface area contributed by atoms with Crippen LogP contribution in [-0.4, -0.2) is 31.5 Å². The van der Waals surface area contributed by atoms with Gasteiger partial charge < -0.3 is 0 Å². The maximum absolute atomic E-state index is 10.5. The maximum atomic E-state index is 10.5. The highest BCUT2D eigenvalue weighted by Gasteiger charge is 2.12. The van der Waals surface area contributed by atoms with Crippen LogP contribution in [0.5, 0.6) is 0 Å². The van der Waals surface area contributed by atoms with Crippen molar-refractivity contribution in [1.29, 1.82) is 0 Å². The Morgan fingerprint density at radius 1 is 1.36 bits per heavy atom. The second kappa shape index (κ2) is 10.3. The average Bonchev–Trinajstić information content (AvgIpc) is 2.13. The van der Waals surface area contributed by atoms with Crippen LogP contribution in [0.2, 0.25) is 0 Å². The molecule has 0 spiro atoms. The Balaban J connectivity index is 3.66. The zero-order valence-corrected chi connectivity index (χ0v) is 11.1. The van der Waals surface area contributed by atoms with E-state index in [1.807, 2.05) is 0 Å². The Morgan fingerprint density at radius 3 is 2.50 bits per heavy atom. The molecule has 1 N–H and O–H groups in total. The molecule has 0 rings (SSSR count). The largest absolute Gasteiger partial charge is 0.303 e. The Hall–Kier alpha value is 0.770. The first-order valence-corrected chi connectivity index (χ1v) is 7.91. The molecule has 0 aromatic rings. The monoisotopic (exact) mass is 258 g/mol. The van der Waals surface area contributed by atoms with Crippen molar-refractivity contribution in [2.45, 2.75) is 32.1 Å². The van der Waals surface area contributed by atoms with E-state index in [1.54, 1.807) is 23.5 Å². The molecule has 0 aliphatic rings. The molecule has 0 aliphatic carbocycles. The van der Waals surface area contributed by atoms with Crippen molar-refractivity contribution in [3.8, 4) is 0 Å². The van der Waals surface area contributed by atoms with Crippen molar-refractivity contribution in [2.24, 2.45) is 0 Å². The second-order valence-electron chi connectivity index (χ2n) is 2.69. The van der Waals surface area contributed by atoms with E-state index in [-0.39, 0.29) is 5.44 Å². The third-order valence-corrected chi connectivity index (χ3v) is 4.54. The highest BCUT2D eigenvalue weighted by atomic mass is 32.2. The van der Waals surface area contributed by atoms with Gasteiger partial charge in [-0.2, -0.15) is 16.0 Å². The van der Waals surface area contributed by atoms with Crippen LogP contribution in [0.15, 0.2) is 0 Å². The molecule has 3 nitrogen and oxygen atoms in total. The normalized spacial score (nSPS) is 15.4. The van der Waals surface area contributed by atoms with Gasteiger partial charge in [0.05, 0.1) is 0 Å². The predicted octanol–water partition coefficient (Wildman–Crippen LogP) is 2.75. The summed E-state index contributed by atoms with van der Waals surface area (Å²) in [5, 5.41) is 0. The number of thioether (sulfide) groups is 2. The van der Waals surface area contributed by atoms with Crippen LogP contribution < -0.4 is 0 Å². The zero-order valence-electron chi connectivity index (χ0n) is 8.60. The Morgan fingerprint density at radius 2 is 2.00 bits per heavy atom. The van der Waals surface area contributed by atoms with Crippen molar-refractivity contribution >= 4 is 34.9 Å². The summed E-state index contributed by atoms with van der Waals surface area (Å²) >= 11 is 1.23. The fraction of sp³-hybridized carbons (Fsp3) is 1.00. The molecule has 0 amide bonds. The fourth-order valence-corrected chi connectivity index (χ4v) is 3.42. The standard InChI is InChI=1S/C8H18O3S3/c1-3-5-12-7-8(11-14(9)10)13-6-4-2/h8H,3-7H2,1-2H3,(H,9,10). The molecular weight excluding hydrogens is 240 g/mol. The molecular formula is C8H18O3S3. The van der Waals surface area contributed by atoms with Gasteiger partial charge in [-0.15, -0.1) is 11.8 Å². The molecule has 2 atom stereocenters. The zero-order chi connectivity index (χ0) is 10.8. The van der Waals surface area contributed by atoms with Crippen LogP contribution in [0.3, 0.4) is 0 Å². The molecule has 14 heavy (non-hydrogen) atoms. The van der Waals surface area contributed by atoms with Crippen LogP contribution in [0, 0.1) is 0 Å². The molecule has 0 fully saturated rings. The average molecular weight is 258 g/mol. The van der Waals surface area contributed by atoms with Crippen LogP contribution >= 0.6 is 23.5 Å². The molecule has 0 radical (unpaired) electrons. The van der Waals surface area contributed by atoms with E-state index in [2.05, 4.69) is 13.8 Å². The molecule has 0 aromatic heterocycles. The third-order valence-electron chi connectivity index (χ3n) is 1.30. The Bertz CT molecular complexity index is 155. The molecule has 0 saturated heterocycles. The van der Waals surface area contributed by atoms with Crippen molar-refractivity contribution in [3.63, 3.8) is 0 Å². The summed E-state index contributed by atoms with van der Waals surface area (Å²) in [7, 11) is 0. The first-order chi connectivity index (χ1) is 6.70. The molecule has 0 aliphatic heterocycles. The van der Waals surface area contributed by atoms with Gasteiger partial charge in [0.15, 0.2) is 0 Å². The van der Waals surface area contributed by atoms with Gasteiger partial charge >= 0.3 is 11.4 Å². The molecule has 0 heterocycles. The van der Waals surface area contributed by atoms with Gasteiger partial charge in [-0.25, -0.2) is 0 Å². The molecule has 86 valence electrons. The van der Waals surface area contributed by atoms with E-state index in [0.717, 1.165) is 30.1 Å². The summed E-state index contributed by atoms with van der Waals surface area (Å²) in [5.74, 6) is 2.82. The first-order valence-electron chi connectivity index (χ1n) is 4.68. The highest BCUT2D eigenvalue weighted by molar-refractivity contribution is 8.03. The fourth-order valence-electron chi connectivity index (χ4n) is 0.769. The molecule has 0 bridgehead atoms. The second-order valence-corrected chi connectivity index (χ2v) is 5.73. The van der Waals surface area contributed by atoms with Crippen molar-refractivity contribution in [1.82, 2.24) is 0 Å². The van der Waals surface area contributed by atoms with Crippen molar-refractivity contribution in [3.05, 3.63) is 0 Å². The minimum absolute atomic E-state index is 0.155. The van der Waals surface area contributed by atoms with E-state index in [4.69, 9.17) is 8.74 Å². The van der Waals surface area contributed by atoms with E-state index in [1.165, 1.54) is 0 Å². The molecule has 0 saturated carbocycles. The van der Waals surface area contributed by atoms with Crippen LogP contribution in [0.25, 0.3) is 0 Å². The molecule has 6 heteroatoms. The number of hydrogen-bond donors (Lipinski definition) is 1. The van der Waals surface area contributed by atoms with Gasteiger partial charge in [0.1, 0.15) is 5.44 Å². The van der Waals surface area contributed by atoms with E-state index < -0.39 is 11.4 Å². The summed E-state index contributed by atoms with van der Waals surface area (Å²) in [6.07, 6.45) is 2.18. The SMILES string of the molecule is CCCSCC(OS(=O)O)SCCC. The third kappa shape index (κ3) is 9.33. The van der Waals surface area contributed by atoms with Gasteiger partial charge in [-0.3, -0.25) is 8.74 Å². The van der Waals surface area contributed by atoms with Gasteiger partial charge in [0.2, 0.25) is 0 Å². The van der Waals surface area contributed by atoms with E-state index in [9.17, 15) is 4.21 Å². The predicted molar refractivity (Wildman–Crippen MR) is 66.0 cm³/mol. The topological polar surface area (TPSA) is 46.5 Å². The van der Waals surface area contributed by atoms with Crippen LogP contribution in [0.1, 0.15) is 26.7 Å². The first kappa shape index (κ1) is 14.8. The summed E-state index contributed by atoms with van der Waals surface area (Å²) < 4.78 is 23.9. The van der Waals surface area contributed by atoms with Crippen LogP contribution in [-0.2, 0) is 15.5 Å². The van der Waals surface area contributed by atoms with Gasteiger partial charge in [0.25, 0.3) is 0 Å². The van der Waals surface area contributed by atoms with E-state index >= 15 is 0 Å². The number of hydrogen-bond acceptors (Lipinski definition) is 4. The minimum atomic E-state index is -2.14. The Kier molecular flexibility index (Phi) is 10.9. The molecule has 2 unspecified atom stereocenters. The summed E-state index contributed by atoms with van der Waals surface area (Å²) in [6.45, 7) is 4.20. The number of rotatable bonds is 9. The Labute approximate surface area is 97.2 Å². The lowest BCUT2D eigenvalue weighted by molar-refractivity contribution is 0.302. The van der Waals surface area contributed by atoms with E-state index in [0.29, 0.717) is 0 Å². The minimum Gasteiger partial charge on any atom is -0.284 e. The van der Waals surface area contributed by atoms with Crippen molar-refractivity contribution < 1.29 is 12.9 Å². The quantitative estimate of drug-likeness (QED) is 0.391. The summed E-state index contributed by atoms with van der Waals surface area (Å²) in [4.78, 5) is 0. The summed E-state index contributed by atoms with van der Waals surface area (Å²) in [6, 6.07) is 0. The highest BCUT2D eigenvalue weighted by Crippen LogP contribution is 2.19. The lowest BCUT2D eigenvalue weighted by atomic mass is 10.6. The lowest BCUT2D eigenvalue weighted by Crippen LogP contribution is -2.14. The van der Waals surface area contributed by atoms with Gasteiger partial charge in [-0.05, 0) is 24.3 Å². The van der Waals surface area contributed by atoms with Gasteiger partial charge in [-0.1, -0.05) is 13.8 Å². The van der Waals surface area contributed by atoms with Crippen molar-refractivity contribution in [2.75, 3.05) is 17.3 Å². The van der Waals surface area contributed by atoms with Gasteiger partial charge in [0, 0.05) is 5.75 Å². The maximum Gasteiger partial charge on any atom is 0.303 e. The van der Waals surface area contributed by atoms with Crippen LogP contribution in [0.4, 0.5) is 0 Å². The molecule has 0 aromatic carbocycles. The lowest BCUT2D eigenvalue weighted by Gasteiger charge is -2.13. The summed E-state index contributed by atoms with van der Waals surface area (Å²) in [5.41, 5.74) is -0.155. The smallest absolute Gasteiger partial charge is 0.284 e.